The first-order valence-corrected chi connectivity index (χ1v) is 12.1. The maximum atomic E-state index is 12.9. The van der Waals surface area contributed by atoms with Gasteiger partial charge in [-0.1, -0.05) is 0 Å². The number of aliphatic hydroxyl groups excluding tert-OH is 1. The predicted octanol–water partition coefficient (Wildman–Crippen LogP) is 2.94. The fourth-order valence-electron chi connectivity index (χ4n) is 5.21. The third-order valence-corrected chi connectivity index (χ3v) is 6.92. The number of esters is 1. The topological polar surface area (TPSA) is 120 Å². The molecule has 208 valence electrons. The van der Waals surface area contributed by atoms with Crippen molar-refractivity contribution in [2.45, 2.75) is 43.7 Å². The number of hydrogen-bond donors (Lipinski definition) is 1. The number of allylic oxidation sites excluding steroid dienone is 1. The van der Waals surface area contributed by atoms with Gasteiger partial charge in [0.2, 0.25) is 6.29 Å². The van der Waals surface area contributed by atoms with E-state index >= 15 is 0 Å². The van der Waals surface area contributed by atoms with Gasteiger partial charge in [0.05, 0.1) is 32.7 Å². The number of rotatable bonds is 11. The van der Waals surface area contributed by atoms with Gasteiger partial charge in [0.1, 0.15) is 36.8 Å². The highest BCUT2D eigenvalue weighted by molar-refractivity contribution is 6.06. The summed E-state index contributed by atoms with van der Waals surface area (Å²) in [7, 11) is 9.30. The zero-order chi connectivity index (χ0) is 27.4. The number of cyclic esters (lactones) is 1. The van der Waals surface area contributed by atoms with Crippen molar-refractivity contribution in [3.05, 3.63) is 41.2 Å². The van der Waals surface area contributed by atoms with E-state index in [1.54, 1.807) is 39.5 Å². The molecule has 0 aromatic heterocycles. The van der Waals surface area contributed by atoms with Gasteiger partial charge >= 0.3 is 5.97 Å². The third kappa shape index (κ3) is 4.87. The smallest absolute Gasteiger partial charge is 0.339 e. The number of carbonyl (C=O) groups excluding carboxylic acids is 1. The second kappa shape index (κ2) is 12.2. The number of fused-ring (bicyclic) bond motifs is 2. The molecule has 2 aromatic rings. The second-order valence-corrected chi connectivity index (χ2v) is 8.80. The van der Waals surface area contributed by atoms with Gasteiger partial charge in [-0.05, 0) is 35.6 Å². The Kier molecular flexibility index (Phi) is 8.95. The summed E-state index contributed by atoms with van der Waals surface area (Å²) in [6.07, 6.45) is -0.402. The van der Waals surface area contributed by atoms with Crippen molar-refractivity contribution in [1.29, 1.82) is 0 Å². The fourth-order valence-corrected chi connectivity index (χ4v) is 5.21. The van der Waals surface area contributed by atoms with E-state index < -0.39 is 36.7 Å². The van der Waals surface area contributed by atoms with Gasteiger partial charge in [-0.2, -0.15) is 0 Å². The van der Waals surface area contributed by atoms with Crippen LogP contribution in [0.5, 0.6) is 17.2 Å². The molecule has 0 bridgehead atoms. The minimum atomic E-state index is -0.948. The quantitative estimate of drug-likeness (QED) is 0.338. The molecule has 1 fully saturated rings. The molecular formula is C27H34O11. The van der Waals surface area contributed by atoms with Crippen molar-refractivity contribution in [2.75, 3.05) is 49.3 Å². The largest absolute Gasteiger partial charge is 0.516 e. The number of benzene rings is 2. The van der Waals surface area contributed by atoms with Crippen LogP contribution in [0.4, 0.5) is 0 Å². The molecule has 2 aromatic carbocycles. The van der Waals surface area contributed by atoms with Crippen LogP contribution in [0.2, 0.25) is 0 Å². The van der Waals surface area contributed by atoms with Crippen LogP contribution in [-0.2, 0) is 41.4 Å². The summed E-state index contributed by atoms with van der Waals surface area (Å²) in [5.74, 6) is 0.838. The fraction of sp³-hybridized carbons (Fsp3) is 0.519. The minimum absolute atomic E-state index is 0.00386. The molecule has 0 spiro atoms. The highest BCUT2D eigenvalue weighted by Crippen LogP contribution is 2.46. The van der Waals surface area contributed by atoms with Crippen LogP contribution >= 0.6 is 0 Å². The average Bonchev–Trinajstić information content (AvgIpc) is 3.32. The van der Waals surface area contributed by atoms with Gasteiger partial charge in [0.15, 0.2) is 11.5 Å². The first-order valence-electron chi connectivity index (χ1n) is 12.1. The van der Waals surface area contributed by atoms with E-state index in [1.807, 2.05) is 0 Å². The molecule has 1 saturated heterocycles. The summed E-state index contributed by atoms with van der Waals surface area (Å²) in [6, 6.07) is 3.55. The van der Waals surface area contributed by atoms with Crippen molar-refractivity contribution in [3.63, 3.8) is 0 Å². The standard InChI is InChI=1S/C27H34O11/c1-30-13-20-23(33-4)24(34-5)25(35-6)27(37-20)38-22-16-11-19(32-3)18(31-2)10-15(16)14(8-7-9-28)21-17(22)12-36-26(21)29/h7,9-11,20,23-25,27-28H,8,12-13H2,1-6H3/b9-7+/t20-,23-,24+,25-,27+/m1/s1. The van der Waals surface area contributed by atoms with E-state index in [4.69, 9.17) is 42.6 Å². The summed E-state index contributed by atoms with van der Waals surface area (Å²) < 4.78 is 52.0. The van der Waals surface area contributed by atoms with Crippen molar-refractivity contribution in [2.24, 2.45) is 0 Å². The van der Waals surface area contributed by atoms with Crippen LogP contribution in [0, 0.1) is 0 Å². The van der Waals surface area contributed by atoms with Crippen LogP contribution in [0.1, 0.15) is 21.5 Å². The molecule has 11 heteroatoms. The van der Waals surface area contributed by atoms with E-state index in [-0.39, 0.29) is 19.6 Å². The lowest BCUT2D eigenvalue weighted by Crippen LogP contribution is -2.62. The Morgan fingerprint density at radius 3 is 2.18 bits per heavy atom. The summed E-state index contributed by atoms with van der Waals surface area (Å²) in [5.41, 5.74) is 1.59. The number of hydrogen-bond acceptors (Lipinski definition) is 11. The highest BCUT2D eigenvalue weighted by Gasteiger charge is 2.49. The van der Waals surface area contributed by atoms with Crippen LogP contribution in [0.15, 0.2) is 24.5 Å². The number of aliphatic hydroxyl groups is 1. The lowest BCUT2D eigenvalue weighted by molar-refractivity contribution is -0.292. The lowest BCUT2D eigenvalue weighted by Gasteiger charge is -2.44. The Hall–Kier alpha value is -3.09. The van der Waals surface area contributed by atoms with E-state index in [0.717, 1.165) is 6.26 Å². The van der Waals surface area contributed by atoms with E-state index in [1.165, 1.54) is 21.3 Å². The predicted molar refractivity (Wildman–Crippen MR) is 135 cm³/mol. The average molecular weight is 535 g/mol. The molecule has 2 aliphatic rings. The molecule has 0 amide bonds. The molecule has 2 heterocycles. The van der Waals surface area contributed by atoms with Gasteiger partial charge in [-0.25, -0.2) is 4.79 Å². The first-order chi connectivity index (χ1) is 18.5. The van der Waals surface area contributed by atoms with E-state index in [0.29, 0.717) is 44.7 Å². The molecule has 38 heavy (non-hydrogen) atoms. The molecule has 0 radical (unpaired) electrons. The summed E-state index contributed by atoms with van der Waals surface area (Å²) in [5, 5.41) is 10.7. The number of methoxy groups -OCH3 is 6. The van der Waals surface area contributed by atoms with E-state index in [9.17, 15) is 9.90 Å². The Labute approximate surface area is 221 Å². The van der Waals surface area contributed by atoms with Crippen molar-refractivity contribution in [3.8, 4) is 17.2 Å². The van der Waals surface area contributed by atoms with Gasteiger partial charge in [-0.15, -0.1) is 0 Å². The van der Waals surface area contributed by atoms with Gasteiger partial charge in [0, 0.05) is 39.4 Å². The normalized spacial score (nSPS) is 25.0. The van der Waals surface area contributed by atoms with Crippen LogP contribution in [-0.4, -0.2) is 91.0 Å². The summed E-state index contributed by atoms with van der Waals surface area (Å²) >= 11 is 0. The molecule has 1 N–H and O–H groups in total. The first kappa shape index (κ1) is 27.9. The third-order valence-electron chi connectivity index (χ3n) is 6.92. The van der Waals surface area contributed by atoms with Crippen LogP contribution < -0.4 is 14.2 Å². The molecular weight excluding hydrogens is 500 g/mol. The molecule has 0 unspecified atom stereocenters. The Morgan fingerprint density at radius 1 is 0.947 bits per heavy atom. The van der Waals surface area contributed by atoms with Gasteiger partial charge in [-0.3, -0.25) is 0 Å². The van der Waals surface area contributed by atoms with E-state index in [2.05, 4.69) is 0 Å². The second-order valence-electron chi connectivity index (χ2n) is 8.80. The molecule has 2 aliphatic heterocycles. The summed E-state index contributed by atoms with van der Waals surface area (Å²) in [6.45, 7) is 0.233. The monoisotopic (exact) mass is 534 g/mol. The van der Waals surface area contributed by atoms with Gasteiger partial charge < -0.3 is 47.7 Å². The van der Waals surface area contributed by atoms with Gasteiger partial charge in [0.25, 0.3) is 0 Å². The van der Waals surface area contributed by atoms with Crippen LogP contribution in [0.3, 0.4) is 0 Å². The van der Waals surface area contributed by atoms with Crippen molar-refractivity contribution in [1.82, 2.24) is 0 Å². The zero-order valence-corrected chi connectivity index (χ0v) is 22.3. The maximum Gasteiger partial charge on any atom is 0.339 e. The molecule has 0 aliphatic carbocycles. The Bertz CT molecular complexity index is 1180. The molecule has 5 atom stereocenters. The number of ether oxygens (including phenoxy) is 9. The van der Waals surface area contributed by atoms with Crippen molar-refractivity contribution >= 4 is 16.7 Å². The zero-order valence-electron chi connectivity index (χ0n) is 22.3. The SMILES string of the molecule is COC[C@H]1O[C@@H](Oc2c3c(c(C/C=C/O)c4cc(OC)c(OC)cc24)C(=O)OC3)[C@H](OC)[C@@H](OC)[C@@H]1OC. The molecule has 11 nitrogen and oxygen atoms in total. The molecule has 0 saturated carbocycles. The van der Waals surface area contributed by atoms with Crippen LogP contribution in [0.25, 0.3) is 10.8 Å². The lowest BCUT2D eigenvalue weighted by atomic mass is 9.91. The molecule has 4 rings (SSSR count). The Morgan fingerprint density at radius 2 is 1.61 bits per heavy atom. The maximum absolute atomic E-state index is 12.9. The minimum Gasteiger partial charge on any atom is -0.516 e. The Balaban J connectivity index is 1.92. The summed E-state index contributed by atoms with van der Waals surface area (Å²) in [4.78, 5) is 12.9. The highest BCUT2D eigenvalue weighted by atomic mass is 16.7. The van der Waals surface area contributed by atoms with Crippen molar-refractivity contribution < 1.29 is 52.5 Å². The number of carbonyl (C=O) groups is 1.